The maximum atomic E-state index is 9.51. The second-order valence-electron chi connectivity index (χ2n) is 5.52. The summed E-state index contributed by atoms with van der Waals surface area (Å²) >= 11 is 1.54. The minimum absolute atomic E-state index is 0.0415. The average molecular weight is 370 g/mol. The lowest BCUT2D eigenvalue weighted by atomic mass is 10.1. The summed E-state index contributed by atoms with van der Waals surface area (Å²) < 4.78 is 12.9. The third-order valence-electron chi connectivity index (χ3n) is 3.88. The molecule has 0 aliphatic rings. The lowest BCUT2D eigenvalue weighted by molar-refractivity contribution is 0.275. The van der Waals surface area contributed by atoms with Gasteiger partial charge >= 0.3 is 0 Å². The standard InChI is InChI=1S/C20H22N2O3S/c1-3-25-16-10-8-15(9-11-16)18-14-26-20(22(18)12-13-23)21-17-6-4-5-7-19(17)24-2/h4-11,14,23H,3,12-13H2,1-2H3. The van der Waals surface area contributed by atoms with Gasteiger partial charge in [-0.05, 0) is 48.9 Å². The van der Waals surface area contributed by atoms with Crippen LogP contribution in [0.25, 0.3) is 11.3 Å². The molecule has 0 spiro atoms. The van der Waals surface area contributed by atoms with E-state index in [1.807, 2.05) is 60.0 Å². The Labute approximate surface area is 156 Å². The van der Waals surface area contributed by atoms with Gasteiger partial charge in [0.1, 0.15) is 17.2 Å². The van der Waals surface area contributed by atoms with Crippen molar-refractivity contribution in [3.63, 3.8) is 0 Å². The predicted octanol–water partition coefficient (Wildman–Crippen LogP) is 3.85. The summed E-state index contributed by atoms with van der Waals surface area (Å²) in [6.45, 7) is 3.12. The molecule has 6 heteroatoms. The van der Waals surface area contributed by atoms with Crippen molar-refractivity contribution in [1.82, 2.24) is 4.57 Å². The van der Waals surface area contributed by atoms with E-state index in [0.29, 0.717) is 13.2 Å². The highest BCUT2D eigenvalue weighted by Gasteiger charge is 2.09. The monoisotopic (exact) mass is 370 g/mol. The molecule has 0 radical (unpaired) electrons. The summed E-state index contributed by atoms with van der Waals surface area (Å²) in [6, 6.07) is 15.6. The molecule has 0 fully saturated rings. The molecule has 0 aliphatic heterocycles. The van der Waals surface area contributed by atoms with Gasteiger partial charge in [-0.1, -0.05) is 12.1 Å². The Bertz CT molecular complexity index is 913. The number of hydrogen-bond donors (Lipinski definition) is 1. The first-order valence-corrected chi connectivity index (χ1v) is 9.35. The molecule has 5 nitrogen and oxygen atoms in total. The molecule has 0 aliphatic carbocycles. The Hall–Kier alpha value is -2.57. The molecule has 0 amide bonds. The fraction of sp³-hybridized carbons (Fsp3) is 0.250. The number of para-hydroxylation sites is 2. The molecule has 0 saturated heterocycles. The molecule has 1 N–H and O–H groups in total. The fourth-order valence-electron chi connectivity index (χ4n) is 2.68. The summed E-state index contributed by atoms with van der Waals surface area (Å²) in [6.07, 6.45) is 0. The number of methoxy groups -OCH3 is 1. The fourth-order valence-corrected chi connectivity index (χ4v) is 3.63. The van der Waals surface area contributed by atoms with Crippen molar-refractivity contribution in [2.24, 2.45) is 4.99 Å². The summed E-state index contributed by atoms with van der Waals surface area (Å²) in [4.78, 5) is 5.56. The van der Waals surface area contributed by atoms with Gasteiger partial charge in [0.05, 0.1) is 26.0 Å². The zero-order valence-electron chi connectivity index (χ0n) is 14.9. The first-order valence-electron chi connectivity index (χ1n) is 8.47. The third kappa shape index (κ3) is 3.98. The van der Waals surface area contributed by atoms with Crippen molar-refractivity contribution < 1.29 is 14.6 Å². The molecule has 0 unspecified atom stereocenters. The highest BCUT2D eigenvalue weighted by atomic mass is 32.1. The molecular formula is C20H22N2O3S. The van der Waals surface area contributed by atoms with E-state index in [4.69, 9.17) is 14.5 Å². The molecule has 0 atom stereocenters. The van der Waals surface area contributed by atoms with Gasteiger partial charge in [0.15, 0.2) is 4.80 Å². The number of rotatable bonds is 7. The van der Waals surface area contributed by atoms with Gasteiger partial charge in [-0.2, -0.15) is 0 Å². The second kappa shape index (κ2) is 8.69. The average Bonchev–Trinajstić information content (AvgIpc) is 3.06. The molecule has 2 aromatic carbocycles. The topological polar surface area (TPSA) is 56.0 Å². The van der Waals surface area contributed by atoms with Crippen LogP contribution < -0.4 is 14.3 Å². The summed E-state index contributed by atoms with van der Waals surface area (Å²) in [5.41, 5.74) is 2.84. The number of benzene rings is 2. The van der Waals surface area contributed by atoms with Gasteiger partial charge in [-0.15, -0.1) is 11.3 Å². The lowest BCUT2D eigenvalue weighted by Gasteiger charge is -2.09. The Morgan fingerprint density at radius 1 is 1.12 bits per heavy atom. The SMILES string of the molecule is CCOc1ccc(-c2csc(=Nc3ccccc3OC)n2CCO)cc1. The van der Waals surface area contributed by atoms with Gasteiger partial charge in [0.2, 0.25) is 0 Å². The minimum atomic E-state index is 0.0415. The van der Waals surface area contributed by atoms with E-state index in [1.165, 1.54) is 11.3 Å². The molecule has 26 heavy (non-hydrogen) atoms. The number of thiazole rings is 1. The summed E-state index contributed by atoms with van der Waals surface area (Å²) in [5, 5.41) is 11.6. The second-order valence-corrected chi connectivity index (χ2v) is 6.36. The van der Waals surface area contributed by atoms with Crippen LogP contribution in [-0.4, -0.2) is 30.0 Å². The van der Waals surface area contributed by atoms with Gasteiger partial charge < -0.3 is 19.1 Å². The van der Waals surface area contributed by atoms with Crippen LogP contribution in [0, 0.1) is 0 Å². The van der Waals surface area contributed by atoms with Crippen LogP contribution in [0.5, 0.6) is 11.5 Å². The Balaban J connectivity index is 2.04. The highest BCUT2D eigenvalue weighted by molar-refractivity contribution is 7.07. The summed E-state index contributed by atoms with van der Waals surface area (Å²) in [7, 11) is 1.63. The minimum Gasteiger partial charge on any atom is -0.494 e. The number of hydrogen-bond acceptors (Lipinski definition) is 5. The number of aliphatic hydroxyl groups is 1. The maximum absolute atomic E-state index is 9.51. The van der Waals surface area contributed by atoms with Crippen LogP contribution in [0.1, 0.15) is 6.92 Å². The van der Waals surface area contributed by atoms with Crippen molar-refractivity contribution in [2.75, 3.05) is 20.3 Å². The number of nitrogens with zero attached hydrogens (tertiary/aromatic N) is 2. The van der Waals surface area contributed by atoms with Gasteiger partial charge in [-0.25, -0.2) is 4.99 Å². The predicted molar refractivity (Wildman–Crippen MR) is 104 cm³/mol. The van der Waals surface area contributed by atoms with Crippen molar-refractivity contribution in [3.8, 4) is 22.8 Å². The zero-order chi connectivity index (χ0) is 18.4. The van der Waals surface area contributed by atoms with Crippen LogP contribution in [0.15, 0.2) is 58.9 Å². The lowest BCUT2D eigenvalue weighted by Crippen LogP contribution is -2.17. The van der Waals surface area contributed by atoms with Crippen LogP contribution in [0.2, 0.25) is 0 Å². The maximum Gasteiger partial charge on any atom is 0.190 e. The molecule has 3 aromatic rings. The van der Waals surface area contributed by atoms with Crippen molar-refractivity contribution >= 4 is 17.0 Å². The Kier molecular flexibility index (Phi) is 6.09. The third-order valence-corrected chi connectivity index (χ3v) is 4.75. The quantitative estimate of drug-likeness (QED) is 0.687. The number of ether oxygens (including phenoxy) is 2. The van der Waals surface area contributed by atoms with E-state index < -0.39 is 0 Å². The molecule has 0 bridgehead atoms. The van der Waals surface area contributed by atoms with Crippen LogP contribution >= 0.6 is 11.3 Å². The number of aliphatic hydroxyl groups excluding tert-OH is 1. The molecule has 1 heterocycles. The Morgan fingerprint density at radius 2 is 1.88 bits per heavy atom. The summed E-state index contributed by atoms with van der Waals surface area (Å²) in [5.74, 6) is 1.57. The first-order chi connectivity index (χ1) is 12.8. The van der Waals surface area contributed by atoms with Crippen molar-refractivity contribution in [3.05, 3.63) is 58.7 Å². The van der Waals surface area contributed by atoms with Gasteiger partial charge in [0.25, 0.3) is 0 Å². The van der Waals surface area contributed by atoms with E-state index in [9.17, 15) is 5.11 Å². The zero-order valence-corrected chi connectivity index (χ0v) is 15.7. The van der Waals surface area contributed by atoms with E-state index in [2.05, 4.69) is 5.38 Å². The van der Waals surface area contributed by atoms with E-state index in [0.717, 1.165) is 33.2 Å². The molecular weight excluding hydrogens is 348 g/mol. The van der Waals surface area contributed by atoms with Crippen LogP contribution in [-0.2, 0) is 6.54 Å². The van der Waals surface area contributed by atoms with Gasteiger partial charge in [0, 0.05) is 11.9 Å². The van der Waals surface area contributed by atoms with E-state index in [1.54, 1.807) is 7.11 Å². The van der Waals surface area contributed by atoms with Crippen molar-refractivity contribution in [1.29, 1.82) is 0 Å². The van der Waals surface area contributed by atoms with E-state index in [-0.39, 0.29) is 6.61 Å². The highest BCUT2D eigenvalue weighted by Crippen LogP contribution is 2.27. The first kappa shape index (κ1) is 18.2. The molecule has 136 valence electrons. The van der Waals surface area contributed by atoms with Crippen LogP contribution in [0.3, 0.4) is 0 Å². The molecule has 0 saturated carbocycles. The van der Waals surface area contributed by atoms with Gasteiger partial charge in [-0.3, -0.25) is 0 Å². The Morgan fingerprint density at radius 3 is 2.58 bits per heavy atom. The smallest absolute Gasteiger partial charge is 0.190 e. The largest absolute Gasteiger partial charge is 0.494 e. The van der Waals surface area contributed by atoms with Crippen molar-refractivity contribution in [2.45, 2.75) is 13.5 Å². The van der Waals surface area contributed by atoms with E-state index >= 15 is 0 Å². The molecule has 1 aromatic heterocycles. The molecule has 3 rings (SSSR count). The van der Waals surface area contributed by atoms with Crippen LogP contribution in [0.4, 0.5) is 5.69 Å². The normalized spacial score (nSPS) is 11.6. The number of aromatic nitrogens is 1.